The van der Waals surface area contributed by atoms with E-state index in [1.54, 1.807) is 13.1 Å². The van der Waals surface area contributed by atoms with E-state index in [2.05, 4.69) is 20.0 Å². The van der Waals surface area contributed by atoms with Gasteiger partial charge in [-0.15, -0.1) is 0 Å². The monoisotopic (exact) mass is 427 g/mol. The topological polar surface area (TPSA) is 74.7 Å². The van der Waals surface area contributed by atoms with E-state index in [9.17, 15) is 14.0 Å². The molecule has 0 radical (unpaired) electrons. The third-order valence-electron chi connectivity index (χ3n) is 6.48. The molecule has 5 rings (SSSR count). The maximum Gasteiger partial charge on any atom is 0.325 e. The van der Waals surface area contributed by atoms with Gasteiger partial charge in [0.25, 0.3) is 5.91 Å². The number of hydrogen-bond donors (Lipinski definition) is 1. The maximum atomic E-state index is 14.1. The average molecular weight is 427 g/mol. The largest absolute Gasteiger partial charge is 0.367 e. The summed E-state index contributed by atoms with van der Waals surface area (Å²) in [6, 6.07) is 5.96. The van der Waals surface area contributed by atoms with Crippen molar-refractivity contribution in [2.24, 2.45) is 4.99 Å². The predicted molar refractivity (Wildman–Crippen MR) is 114 cm³/mol. The Kier molecular flexibility index (Phi) is 4.81. The summed E-state index contributed by atoms with van der Waals surface area (Å²) in [5.41, 5.74) is 1.69. The van der Waals surface area contributed by atoms with Crippen LogP contribution in [0.2, 0.25) is 0 Å². The fourth-order valence-electron chi connectivity index (χ4n) is 4.69. The van der Waals surface area contributed by atoms with Gasteiger partial charge in [0, 0.05) is 58.2 Å². The summed E-state index contributed by atoms with van der Waals surface area (Å²) >= 11 is 0. The number of carbonyl (C=O) groups excluding carboxylic acids is 2. The number of para-hydroxylation sites is 1. The normalized spacial score (nSPS) is 26.0. The Balaban J connectivity index is 1.21. The van der Waals surface area contributed by atoms with Gasteiger partial charge in [0.05, 0.1) is 5.69 Å². The Labute approximate surface area is 180 Å². The second-order valence-electron chi connectivity index (χ2n) is 8.30. The SMILES string of the molecule is CC1=CN2C(=NC3C2C(=O)NC(=O)N3C)N1CCN1CCN(c2ccccc2F)CC1. The fourth-order valence-corrected chi connectivity index (χ4v) is 4.69. The van der Waals surface area contributed by atoms with Gasteiger partial charge in [0.1, 0.15) is 5.82 Å². The number of hydrogen-bond acceptors (Lipinski definition) is 7. The number of piperazine rings is 1. The van der Waals surface area contributed by atoms with E-state index in [0.717, 1.165) is 45.0 Å². The van der Waals surface area contributed by atoms with Gasteiger partial charge in [0.15, 0.2) is 12.2 Å². The van der Waals surface area contributed by atoms with Gasteiger partial charge in [-0.3, -0.25) is 15.0 Å². The zero-order valence-corrected chi connectivity index (χ0v) is 17.7. The lowest BCUT2D eigenvalue weighted by Crippen LogP contribution is -2.62. The number of carbonyl (C=O) groups is 2. The summed E-state index contributed by atoms with van der Waals surface area (Å²) in [5.74, 6) is 0.221. The number of aliphatic imine (C=N–C) groups is 1. The number of halogens is 1. The average Bonchev–Trinajstić information content (AvgIpc) is 3.26. The van der Waals surface area contributed by atoms with Gasteiger partial charge in [-0.1, -0.05) is 12.1 Å². The summed E-state index contributed by atoms with van der Waals surface area (Å²) in [4.78, 5) is 38.9. The lowest BCUT2D eigenvalue weighted by atomic mass is 10.1. The number of allylic oxidation sites excluding steroid dienone is 1. The lowest BCUT2D eigenvalue weighted by molar-refractivity contribution is -0.126. The molecule has 2 unspecified atom stereocenters. The molecule has 0 bridgehead atoms. The molecule has 2 fully saturated rings. The molecular weight excluding hydrogens is 401 g/mol. The van der Waals surface area contributed by atoms with Gasteiger partial charge in [0.2, 0.25) is 5.96 Å². The van der Waals surface area contributed by atoms with E-state index < -0.39 is 18.2 Å². The molecule has 1 aromatic carbocycles. The van der Waals surface area contributed by atoms with Crippen LogP contribution >= 0.6 is 0 Å². The number of urea groups is 1. The second kappa shape index (κ2) is 7.52. The quantitative estimate of drug-likeness (QED) is 0.762. The first-order valence-corrected chi connectivity index (χ1v) is 10.6. The molecule has 0 saturated carbocycles. The Morgan fingerprint density at radius 2 is 1.87 bits per heavy atom. The number of benzene rings is 1. The Hall–Kier alpha value is -3.14. The highest BCUT2D eigenvalue weighted by Gasteiger charge is 2.51. The number of nitrogens with zero attached hydrogens (tertiary/aromatic N) is 6. The molecule has 10 heteroatoms. The minimum Gasteiger partial charge on any atom is -0.367 e. The molecule has 164 valence electrons. The standard InChI is InChI=1S/C21H26FN7O2/c1-14-13-29-17-18(25(2)21(31)24-19(17)30)23-20(29)28(14)12-9-26-7-10-27(11-8-26)16-6-4-3-5-15(16)22/h3-6,13,17-18H,7-12H2,1-2H3,(H,24,30,31). The lowest BCUT2D eigenvalue weighted by Gasteiger charge is -2.37. The molecule has 2 atom stereocenters. The number of amides is 3. The van der Waals surface area contributed by atoms with Crippen LogP contribution in [0.1, 0.15) is 6.92 Å². The molecule has 3 amide bonds. The van der Waals surface area contributed by atoms with Crippen molar-refractivity contribution in [3.05, 3.63) is 42.0 Å². The smallest absolute Gasteiger partial charge is 0.325 e. The van der Waals surface area contributed by atoms with Crippen molar-refractivity contribution in [3.63, 3.8) is 0 Å². The van der Waals surface area contributed by atoms with Gasteiger partial charge in [-0.05, 0) is 19.1 Å². The molecule has 2 saturated heterocycles. The van der Waals surface area contributed by atoms with Crippen molar-refractivity contribution >= 4 is 23.6 Å². The summed E-state index contributed by atoms with van der Waals surface area (Å²) in [5, 5.41) is 2.39. The molecule has 4 heterocycles. The van der Waals surface area contributed by atoms with Crippen molar-refractivity contribution in [2.75, 3.05) is 51.2 Å². The van der Waals surface area contributed by atoms with Crippen LogP contribution in [0.15, 0.2) is 41.2 Å². The van der Waals surface area contributed by atoms with Gasteiger partial charge in [-0.25, -0.2) is 14.2 Å². The van der Waals surface area contributed by atoms with E-state index in [1.807, 2.05) is 30.2 Å². The molecule has 31 heavy (non-hydrogen) atoms. The van der Waals surface area contributed by atoms with Crippen LogP contribution in [0.3, 0.4) is 0 Å². The minimum atomic E-state index is -0.526. The van der Waals surface area contributed by atoms with Crippen molar-refractivity contribution in [3.8, 4) is 0 Å². The molecule has 0 aliphatic carbocycles. The zero-order chi connectivity index (χ0) is 21.7. The Morgan fingerprint density at radius 3 is 2.61 bits per heavy atom. The van der Waals surface area contributed by atoms with Gasteiger partial charge >= 0.3 is 6.03 Å². The first-order chi connectivity index (χ1) is 14.9. The molecule has 4 aliphatic rings. The van der Waals surface area contributed by atoms with E-state index in [1.165, 1.54) is 11.0 Å². The highest BCUT2D eigenvalue weighted by atomic mass is 19.1. The number of nitrogens with one attached hydrogen (secondary N) is 1. The summed E-state index contributed by atoms with van der Waals surface area (Å²) < 4.78 is 14.1. The van der Waals surface area contributed by atoms with Crippen LogP contribution in [-0.2, 0) is 4.79 Å². The number of likely N-dealkylation sites (N-methyl/N-ethyl adjacent to an activating group) is 1. The van der Waals surface area contributed by atoms with E-state index >= 15 is 0 Å². The second-order valence-corrected chi connectivity index (χ2v) is 8.30. The highest BCUT2D eigenvalue weighted by Crippen LogP contribution is 2.31. The molecule has 0 aromatic heterocycles. The van der Waals surface area contributed by atoms with Crippen LogP contribution in [0.25, 0.3) is 0 Å². The van der Waals surface area contributed by atoms with Crippen molar-refractivity contribution < 1.29 is 14.0 Å². The molecule has 1 N–H and O–H groups in total. The molecule has 0 spiro atoms. The summed E-state index contributed by atoms with van der Waals surface area (Å²) in [7, 11) is 1.65. The number of guanidine groups is 1. The van der Waals surface area contributed by atoms with E-state index in [4.69, 9.17) is 4.99 Å². The van der Waals surface area contributed by atoms with E-state index in [-0.39, 0.29) is 11.7 Å². The predicted octanol–water partition coefficient (Wildman–Crippen LogP) is 0.673. The Bertz CT molecular complexity index is 972. The third-order valence-corrected chi connectivity index (χ3v) is 6.48. The number of fused-ring (bicyclic) bond motifs is 3. The minimum absolute atomic E-state index is 0.179. The van der Waals surface area contributed by atoms with Crippen molar-refractivity contribution in [1.29, 1.82) is 0 Å². The fraction of sp³-hybridized carbons (Fsp3) is 0.476. The van der Waals surface area contributed by atoms with Crippen LogP contribution < -0.4 is 10.2 Å². The van der Waals surface area contributed by atoms with Gasteiger partial charge < -0.3 is 19.6 Å². The van der Waals surface area contributed by atoms with Crippen molar-refractivity contribution in [2.45, 2.75) is 19.1 Å². The summed E-state index contributed by atoms with van der Waals surface area (Å²) in [6.45, 7) is 6.83. The first kappa shape index (κ1) is 19.8. The number of anilines is 1. The number of rotatable bonds is 4. The zero-order valence-electron chi connectivity index (χ0n) is 17.7. The van der Waals surface area contributed by atoms with Crippen LogP contribution in [0, 0.1) is 5.82 Å². The third kappa shape index (κ3) is 3.31. The first-order valence-electron chi connectivity index (χ1n) is 10.6. The van der Waals surface area contributed by atoms with Gasteiger partial charge in [-0.2, -0.15) is 0 Å². The van der Waals surface area contributed by atoms with Crippen LogP contribution in [-0.4, -0.2) is 96.0 Å². The molecule has 4 aliphatic heterocycles. The van der Waals surface area contributed by atoms with Crippen LogP contribution in [0.5, 0.6) is 0 Å². The van der Waals surface area contributed by atoms with Crippen molar-refractivity contribution in [1.82, 2.24) is 24.9 Å². The maximum absolute atomic E-state index is 14.1. The van der Waals surface area contributed by atoms with E-state index in [0.29, 0.717) is 11.6 Å². The molecular formula is C21H26FN7O2. The molecule has 1 aromatic rings. The number of imide groups is 1. The van der Waals surface area contributed by atoms with Crippen LogP contribution in [0.4, 0.5) is 14.9 Å². The highest BCUT2D eigenvalue weighted by molar-refractivity contribution is 6.04. The molecule has 9 nitrogen and oxygen atoms in total. The Morgan fingerprint density at radius 1 is 1.13 bits per heavy atom. The summed E-state index contributed by atoms with van der Waals surface area (Å²) in [6.07, 6.45) is 1.43.